The Morgan fingerprint density at radius 2 is 2.07 bits per heavy atom. The van der Waals surface area contributed by atoms with Gasteiger partial charge in [0.25, 0.3) is 0 Å². The highest BCUT2D eigenvalue weighted by molar-refractivity contribution is 6.31. The number of benzene rings is 1. The summed E-state index contributed by atoms with van der Waals surface area (Å²) < 4.78 is 13.4. The zero-order valence-electron chi connectivity index (χ0n) is 9.14. The summed E-state index contributed by atoms with van der Waals surface area (Å²) in [6.07, 6.45) is 0. The van der Waals surface area contributed by atoms with Crippen molar-refractivity contribution < 1.29 is 4.39 Å². The normalized spacial score (nSPS) is 15.1. The molecule has 15 heavy (non-hydrogen) atoms. The van der Waals surface area contributed by atoms with Crippen molar-refractivity contribution in [3.63, 3.8) is 0 Å². The van der Waals surface area contributed by atoms with Crippen molar-refractivity contribution in [3.8, 4) is 0 Å². The monoisotopic (exact) mass is 230 g/mol. The second kappa shape index (κ2) is 4.92. The molecule has 1 rings (SSSR count). The minimum absolute atomic E-state index is 0.130. The number of nitrogens with one attached hydrogen (secondary N) is 1. The van der Waals surface area contributed by atoms with E-state index in [-0.39, 0.29) is 17.9 Å². The average molecular weight is 231 g/mol. The van der Waals surface area contributed by atoms with Gasteiger partial charge in [-0.25, -0.2) is 4.39 Å². The van der Waals surface area contributed by atoms with Crippen molar-refractivity contribution >= 4 is 11.6 Å². The minimum Gasteiger partial charge on any atom is -0.326 e. The van der Waals surface area contributed by atoms with Crippen LogP contribution in [0.4, 0.5) is 4.39 Å². The van der Waals surface area contributed by atoms with Gasteiger partial charge in [0.05, 0.1) is 0 Å². The second-order valence-corrected chi connectivity index (χ2v) is 4.16. The van der Waals surface area contributed by atoms with Crippen molar-refractivity contribution in [2.24, 2.45) is 5.73 Å². The second-order valence-electron chi connectivity index (χ2n) is 3.75. The molecular weight excluding hydrogens is 215 g/mol. The summed E-state index contributed by atoms with van der Waals surface area (Å²) >= 11 is 6.06. The molecule has 0 saturated heterocycles. The first-order valence-corrected chi connectivity index (χ1v) is 5.23. The molecule has 0 spiro atoms. The highest BCUT2D eigenvalue weighted by Gasteiger charge is 2.18. The molecule has 0 amide bonds. The lowest BCUT2D eigenvalue weighted by atomic mass is 9.99. The summed E-state index contributed by atoms with van der Waals surface area (Å²) in [5, 5.41) is 3.58. The van der Waals surface area contributed by atoms with Gasteiger partial charge in [-0.1, -0.05) is 11.6 Å². The van der Waals surface area contributed by atoms with Crippen LogP contribution in [0.1, 0.15) is 24.1 Å². The standard InChI is InChI=1S/C11H16ClFN2/c1-6-4-9(12)8(5-10(6)13)11(15-3)7(2)14/h4-5,7,11,15H,14H2,1-3H3. The number of hydrogen-bond donors (Lipinski definition) is 2. The Hall–Kier alpha value is -0.640. The van der Waals surface area contributed by atoms with E-state index < -0.39 is 0 Å². The number of hydrogen-bond acceptors (Lipinski definition) is 2. The van der Waals surface area contributed by atoms with Crippen molar-refractivity contribution in [3.05, 3.63) is 34.1 Å². The van der Waals surface area contributed by atoms with Gasteiger partial charge in [-0.05, 0) is 44.2 Å². The molecule has 2 unspecified atom stereocenters. The summed E-state index contributed by atoms with van der Waals surface area (Å²) in [6, 6.07) is 2.81. The van der Waals surface area contributed by atoms with Gasteiger partial charge in [0.15, 0.2) is 0 Å². The lowest BCUT2D eigenvalue weighted by Gasteiger charge is -2.22. The van der Waals surface area contributed by atoms with Gasteiger partial charge in [-0.3, -0.25) is 0 Å². The largest absolute Gasteiger partial charge is 0.326 e. The predicted octanol–water partition coefficient (Wildman–Crippen LogP) is 2.40. The van der Waals surface area contributed by atoms with E-state index >= 15 is 0 Å². The lowest BCUT2D eigenvalue weighted by Crippen LogP contribution is -2.34. The SMILES string of the molecule is CNC(c1cc(F)c(C)cc1Cl)C(C)N. The van der Waals surface area contributed by atoms with Gasteiger partial charge in [0.2, 0.25) is 0 Å². The number of aryl methyl sites for hydroxylation is 1. The van der Waals surface area contributed by atoms with Crippen LogP contribution in [-0.4, -0.2) is 13.1 Å². The Morgan fingerprint density at radius 1 is 1.47 bits per heavy atom. The first kappa shape index (κ1) is 12.4. The fraction of sp³-hybridized carbons (Fsp3) is 0.455. The molecule has 0 bridgehead atoms. The fourth-order valence-corrected chi connectivity index (χ4v) is 1.94. The number of likely N-dealkylation sites (N-methyl/N-ethyl adjacent to an activating group) is 1. The Kier molecular flexibility index (Phi) is 4.08. The van der Waals surface area contributed by atoms with Gasteiger partial charge in [0, 0.05) is 17.1 Å². The Balaban J connectivity index is 3.18. The van der Waals surface area contributed by atoms with Gasteiger partial charge >= 0.3 is 0 Å². The predicted molar refractivity (Wildman–Crippen MR) is 61.6 cm³/mol. The van der Waals surface area contributed by atoms with Crippen LogP contribution in [0.25, 0.3) is 0 Å². The van der Waals surface area contributed by atoms with Gasteiger partial charge in [-0.2, -0.15) is 0 Å². The Bertz CT molecular complexity index is 353. The van der Waals surface area contributed by atoms with Gasteiger partial charge in [-0.15, -0.1) is 0 Å². The summed E-state index contributed by atoms with van der Waals surface area (Å²) in [5.74, 6) is -0.254. The first-order chi connectivity index (χ1) is 6.97. The Labute approximate surface area is 94.6 Å². The van der Waals surface area contributed by atoms with E-state index in [1.807, 2.05) is 6.92 Å². The van der Waals surface area contributed by atoms with E-state index in [0.29, 0.717) is 16.1 Å². The molecule has 0 aliphatic carbocycles. The van der Waals surface area contributed by atoms with Gasteiger partial charge < -0.3 is 11.1 Å². The van der Waals surface area contributed by atoms with Gasteiger partial charge in [0.1, 0.15) is 5.82 Å². The lowest BCUT2D eigenvalue weighted by molar-refractivity contribution is 0.499. The molecule has 1 aromatic carbocycles. The molecule has 0 saturated carbocycles. The maximum Gasteiger partial charge on any atom is 0.126 e. The molecule has 3 N–H and O–H groups in total. The quantitative estimate of drug-likeness (QED) is 0.837. The van der Waals surface area contributed by atoms with Crippen molar-refractivity contribution in [2.45, 2.75) is 25.9 Å². The molecule has 4 heteroatoms. The summed E-state index contributed by atoms with van der Waals surface area (Å²) in [5.41, 5.74) is 7.04. The maximum absolute atomic E-state index is 13.4. The summed E-state index contributed by atoms with van der Waals surface area (Å²) in [4.78, 5) is 0. The van der Waals surface area contributed by atoms with E-state index in [0.717, 1.165) is 0 Å². The topological polar surface area (TPSA) is 38.0 Å². The van der Waals surface area contributed by atoms with E-state index in [4.69, 9.17) is 17.3 Å². The van der Waals surface area contributed by atoms with Crippen LogP contribution < -0.4 is 11.1 Å². The number of nitrogens with two attached hydrogens (primary N) is 1. The zero-order chi connectivity index (χ0) is 11.6. The third-order valence-corrected chi connectivity index (χ3v) is 2.78. The maximum atomic E-state index is 13.4. The smallest absolute Gasteiger partial charge is 0.126 e. The van der Waals surface area contributed by atoms with E-state index in [9.17, 15) is 4.39 Å². The fourth-order valence-electron chi connectivity index (χ4n) is 1.60. The Morgan fingerprint density at radius 3 is 2.53 bits per heavy atom. The zero-order valence-corrected chi connectivity index (χ0v) is 9.90. The van der Waals surface area contributed by atoms with E-state index in [2.05, 4.69) is 5.32 Å². The highest BCUT2D eigenvalue weighted by atomic mass is 35.5. The van der Waals surface area contributed by atoms with E-state index in [1.165, 1.54) is 6.07 Å². The first-order valence-electron chi connectivity index (χ1n) is 4.85. The number of halogens is 2. The van der Waals surface area contributed by atoms with Crippen LogP contribution in [0.2, 0.25) is 5.02 Å². The van der Waals surface area contributed by atoms with Crippen LogP contribution in [-0.2, 0) is 0 Å². The molecular formula is C11H16ClFN2. The molecule has 0 fully saturated rings. The number of rotatable bonds is 3. The molecule has 0 aromatic heterocycles. The molecule has 2 nitrogen and oxygen atoms in total. The highest BCUT2D eigenvalue weighted by Crippen LogP contribution is 2.27. The van der Waals surface area contributed by atoms with Crippen LogP contribution >= 0.6 is 11.6 Å². The van der Waals surface area contributed by atoms with Crippen LogP contribution in [0.5, 0.6) is 0 Å². The third-order valence-electron chi connectivity index (χ3n) is 2.45. The molecule has 2 atom stereocenters. The van der Waals surface area contributed by atoms with Crippen LogP contribution in [0.3, 0.4) is 0 Å². The molecule has 0 radical (unpaired) electrons. The van der Waals surface area contributed by atoms with Crippen LogP contribution in [0, 0.1) is 12.7 Å². The molecule has 1 aromatic rings. The minimum atomic E-state index is -0.254. The average Bonchev–Trinajstić information content (AvgIpc) is 2.14. The van der Waals surface area contributed by atoms with Crippen molar-refractivity contribution in [1.82, 2.24) is 5.32 Å². The van der Waals surface area contributed by atoms with Crippen LogP contribution in [0.15, 0.2) is 12.1 Å². The molecule has 84 valence electrons. The molecule has 0 heterocycles. The summed E-state index contributed by atoms with van der Waals surface area (Å²) in [7, 11) is 1.78. The van der Waals surface area contributed by atoms with E-state index in [1.54, 1.807) is 20.0 Å². The molecule has 0 aliphatic heterocycles. The molecule has 0 aliphatic rings. The van der Waals surface area contributed by atoms with Crippen molar-refractivity contribution in [1.29, 1.82) is 0 Å². The van der Waals surface area contributed by atoms with Crippen molar-refractivity contribution in [2.75, 3.05) is 7.05 Å². The third kappa shape index (κ3) is 2.68. The summed E-state index contributed by atoms with van der Waals surface area (Å²) in [6.45, 7) is 3.54.